The Morgan fingerprint density at radius 1 is 1.17 bits per heavy atom. The molecular weight excluding hydrogens is 399 g/mol. The first-order valence-corrected chi connectivity index (χ1v) is 11.7. The van der Waals surface area contributed by atoms with E-state index in [9.17, 15) is 19.3 Å². The minimum Gasteiger partial charge on any atom is -0.479 e. The van der Waals surface area contributed by atoms with Gasteiger partial charge in [0.05, 0.1) is 18.8 Å². The predicted octanol–water partition coefficient (Wildman–Crippen LogP) is 3.39. The van der Waals surface area contributed by atoms with Gasteiger partial charge in [-0.05, 0) is 59.4 Å². The van der Waals surface area contributed by atoms with Crippen LogP contribution < -0.4 is 5.32 Å². The van der Waals surface area contributed by atoms with Crippen LogP contribution in [0.4, 0.5) is 0 Å². The number of carboxylic acids is 1. The third kappa shape index (κ3) is 6.01. The van der Waals surface area contributed by atoms with E-state index in [0.29, 0.717) is 13.0 Å². The van der Waals surface area contributed by atoms with Crippen LogP contribution in [0, 0.1) is 5.41 Å². The molecule has 29 heavy (non-hydrogen) atoms. The van der Waals surface area contributed by atoms with E-state index in [1.807, 2.05) is 0 Å². The molecule has 170 valence electrons. The van der Waals surface area contributed by atoms with Crippen molar-refractivity contribution >= 4 is 19.5 Å². The van der Waals surface area contributed by atoms with Gasteiger partial charge in [-0.15, -0.1) is 0 Å². The molecule has 1 heterocycles. The molecule has 0 saturated carbocycles. The average molecular weight is 436 g/mol. The van der Waals surface area contributed by atoms with Gasteiger partial charge in [0.1, 0.15) is 0 Å². The number of carbonyl (C=O) groups excluding carboxylic acids is 1. The molecule has 0 aromatic carbocycles. The van der Waals surface area contributed by atoms with Gasteiger partial charge in [-0.25, -0.2) is 9.86 Å². The Bertz CT molecular complexity index is 629. The Kier molecular flexibility index (Phi) is 8.47. The van der Waals surface area contributed by atoms with Gasteiger partial charge in [-0.1, -0.05) is 20.8 Å². The summed E-state index contributed by atoms with van der Waals surface area (Å²) in [5.41, 5.74) is -3.52. The van der Waals surface area contributed by atoms with E-state index in [-0.39, 0.29) is 13.2 Å². The second-order valence-electron chi connectivity index (χ2n) is 9.02. The minimum atomic E-state index is -3.89. The lowest BCUT2D eigenvalue weighted by Gasteiger charge is -2.45. The van der Waals surface area contributed by atoms with Gasteiger partial charge in [0.2, 0.25) is 0 Å². The zero-order valence-electron chi connectivity index (χ0n) is 18.9. The molecule has 9 nitrogen and oxygen atoms in total. The van der Waals surface area contributed by atoms with Crippen LogP contribution in [0.2, 0.25) is 0 Å². The number of nitrogens with zero attached hydrogens (tertiary/aromatic N) is 1. The van der Waals surface area contributed by atoms with Crippen molar-refractivity contribution in [1.29, 1.82) is 0 Å². The summed E-state index contributed by atoms with van der Waals surface area (Å²) in [7, 11) is -3.89. The quantitative estimate of drug-likeness (QED) is 0.396. The molecule has 0 aromatic heterocycles. The van der Waals surface area contributed by atoms with Crippen LogP contribution in [-0.2, 0) is 28.0 Å². The van der Waals surface area contributed by atoms with Gasteiger partial charge >= 0.3 is 13.6 Å². The Balaban J connectivity index is 3.60. The highest BCUT2D eigenvalue weighted by Crippen LogP contribution is 2.60. The first-order valence-electron chi connectivity index (χ1n) is 10.0. The van der Waals surface area contributed by atoms with Gasteiger partial charge in [0.15, 0.2) is 11.4 Å². The van der Waals surface area contributed by atoms with E-state index < -0.39 is 41.8 Å². The van der Waals surface area contributed by atoms with Crippen molar-refractivity contribution in [2.24, 2.45) is 5.41 Å². The molecule has 1 aliphatic rings. The lowest BCUT2D eigenvalue weighted by molar-refractivity contribution is -0.253. The topological polar surface area (TPSA) is 114 Å². The van der Waals surface area contributed by atoms with E-state index in [1.165, 1.54) is 13.8 Å². The predicted molar refractivity (Wildman–Crippen MR) is 109 cm³/mol. The number of hydrogen-bond donors (Lipinski definition) is 2. The summed E-state index contributed by atoms with van der Waals surface area (Å²) in [6, 6.07) is 0. The van der Waals surface area contributed by atoms with Gasteiger partial charge < -0.3 is 19.5 Å². The Morgan fingerprint density at radius 3 is 2.03 bits per heavy atom. The molecule has 0 bridgehead atoms. The molecule has 2 N–H and O–H groups in total. The number of nitrogens with one attached hydrogen (secondary N) is 1. The third-order valence-corrected chi connectivity index (χ3v) is 7.62. The highest BCUT2D eigenvalue weighted by molar-refractivity contribution is 7.54. The largest absolute Gasteiger partial charge is 0.479 e. The Morgan fingerprint density at radius 2 is 1.69 bits per heavy atom. The van der Waals surface area contributed by atoms with Gasteiger partial charge in [-0.2, -0.15) is 0 Å². The molecule has 0 aromatic rings. The summed E-state index contributed by atoms with van der Waals surface area (Å²) in [5, 5.41) is 13.7. The van der Waals surface area contributed by atoms with Gasteiger partial charge in [0, 0.05) is 0 Å². The smallest absolute Gasteiger partial charge is 0.356 e. The Hall–Kier alpha value is -0.990. The average Bonchev–Trinajstić information content (AvgIpc) is 3.00. The maximum Gasteiger partial charge on any atom is 0.356 e. The monoisotopic (exact) mass is 436 g/mol. The maximum atomic E-state index is 13.8. The van der Waals surface area contributed by atoms with Crippen LogP contribution in [-0.4, -0.2) is 58.7 Å². The number of carbonyl (C=O) groups is 2. The normalized spacial score (nSPS) is 21.8. The summed E-state index contributed by atoms with van der Waals surface area (Å²) in [6.45, 7) is 14.0. The minimum absolute atomic E-state index is 0.101. The molecule has 0 radical (unpaired) electrons. The zero-order valence-corrected chi connectivity index (χ0v) is 19.8. The fraction of sp³-hybridized carbons (Fsp3) is 0.895. The van der Waals surface area contributed by atoms with E-state index >= 15 is 0 Å². The summed E-state index contributed by atoms with van der Waals surface area (Å²) in [6.07, 6.45) is 1.33. The number of carboxylic acid groups (broad SMARTS) is 1. The lowest BCUT2D eigenvalue weighted by Crippen LogP contribution is -2.60. The second kappa shape index (κ2) is 9.43. The van der Waals surface area contributed by atoms with Crippen LogP contribution in [0.15, 0.2) is 0 Å². The molecule has 0 aliphatic carbocycles. The standard InChI is InChI=1S/C19H37N2O7P/c1-9-26-29(25,27-10-2)15(17(3,4)5)21(28-18(6,7)16(23)24)14(22)19(8)12-11-13-20-19/h15,20H,9-13H2,1-8H3,(H,23,24)/t15?,19-/m0/s1. The SMILES string of the molecule is CCOP(=O)(OCC)C(N(OC(C)(C)C(=O)O)C(=O)[C@]1(C)CCCN1)C(C)(C)C. The van der Waals surface area contributed by atoms with Crippen molar-refractivity contribution in [3.8, 4) is 0 Å². The number of aliphatic carboxylic acids is 1. The number of rotatable bonds is 10. The molecule has 2 atom stereocenters. The highest BCUT2D eigenvalue weighted by atomic mass is 31.2. The van der Waals surface area contributed by atoms with Crippen molar-refractivity contribution in [3.05, 3.63) is 0 Å². The van der Waals surface area contributed by atoms with Crippen molar-refractivity contribution in [2.75, 3.05) is 19.8 Å². The first kappa shape index (κ1) is 26.0. The molecule has 1 amide bonds. The van der Waals surface area contributed by atoms with Crippen LogP contribution in [0.3, 0.4) is 0 Å². The number of hydroxylamine groups is 2. The molecule has 1 unspecified atom stereocenters. The van der Waals surface area contributed by atoms with E-state index in [0.717, 1.165) is 11.5 Å². The van der Waals surface area contributed by atoms with Crippen LogP contribution in [0.1, 0.15) is 68.2 Å². The second-order valence-corrected chi connectivity index (χ2v) is 11.1. The summed E-state index contributed by atoms with van der Waals surface area (Å²) in [4.78, 5) is 31.1. The van der Waals surface area contributed by atoms with E-state index in [2.05, 4.69) is 5.32 Å². The lowest BCUT2D eigenvalue weighted by atomic mass is 9.93. The molecule has 1 aliphatic heterocycles. The van der Waals surface area contributed by atoms with Crippen molar-refractivity contribution < 1.29 is 33.1 Å². The summed E-state index contributed by atoms with van der Waals surface area (Å²) < 4.78 is 24.9. The number of amides is 1. The molecule has 1 fully saturated rings. The molecular formula is C19H37N2O7P. The van der Waals surface area contributed by atoms with Crippen LogP contribution in [0.5, 0.6) is 0 Å². The van der Waals surface area contributed by atoms with Crippen LogP contribution >= 0.6 is 7.60 Å². The molecule has 1 saturated heterocycles. The molecule has 1 rings (SSSR count). The molecule has 0 spiro atoms. The van der Waals surface area contributed by atoms with E-state index in [1.54, 1.807) is 41.5 Å². The van der Waals surface area contributed by atoms with Gasteiger partial charge in [0.25, 0.3) is 5.91 Å². The first-order chi connectivity index (χ1) is 13.1. The fourth-order valence-corrected chi connectivity index (χ4v) is 5.73. The van der Waals surface area contributed by atoms with E-state index in [4.69, 9.17) is 13.9 Å². The summed E-state index contributed by atoms with van der Waals surface area (Å²) in [5.74, 6) is -2.90. The maximum absolute atomic E-state index is 13.8. The Labute approximate surface area is 173 Å². The number of hydrogen-bond acceptors (Lipinski definition) is 7. The molecule has 10 heteroatoms. The van der Waals surface area contributed by atoms with Crippen molar-refractivity contribution in [3.63, 3.8) is 0 Å². The highest BCUT2D eigenvalue weighted by Gasteiger charge is 2.55. The van der Waals surface area contributed by atoms with Crippen molar-refractivity contribution in [2.45, 2.75) is 85.2 Å². The third-order valence-electron chi connectivity index (χ3n) is 4.80. The fourth-order valence-electron chi connectivity index (χ4n) is 3.30. The van der Waals surface area contributed by atoms with Gasteiger partial charge in [-0.3, -0.25) is 14.2 Å². The zero-order chi connectivity index (χ0) is 22.7. The van der Waals surface area contributed by atoms with Crippen LogP contribution in [0.25, 0.3) is 0 Å². The summed E-state index contributed by atoms with van der Waals surface area (Å²) >= 11 is 0. The van der Waals surface area contributed by atoms with Crippen molar-refractivity contribution in [1.82, 2.24) is 10.4 Å².